The summed E-state index contributed by atoms with van der Waals surface area (Å²) in [6.45, 7) is 7.46. The second-order valence-electron chi connectivity index (χ2n) is 5.41. The smallest absolute Gasteiger partial charge is 0.317 e. The summed E-state index contributed by atoms with van der Waals surface area (Å²) in [7, 11) is 0. The van der Waals surface area contributed by atoms with E-state index < -0.39 is 0 Å². The minimum Gasteiger partial charge on any atom is -0.337 e. The highest BCUT2D eigenvalue weighted by Crippen LogP contribution is 2.18. The van der Waals surface area contributed by atoms with Crippen LogP contribution in [0, 0.1) is 5.41 Å². The molecule has 0 spiro atoms. The zero-order chi connectivity index (χ0) is 12.0. The molecule has 0 aromatic rings. The third-order valence-electron chi connectivity index (χ3n) is 3.18. The molecule has 0 radical (unpaired) electrons. The summed E-state index contributed by atoms with van der Waals surface area (Å²) in [5.41, 5.74) is 5.64. The van der Waals surface area contributed by atoms with Crippen LogP contribution in [0.15, 0.2) is 0 Å². The molecule has 94 valence electrons. The van der Waals surface area contributed by atoms with Crippen LogP contribution in [-0.4, -0.2) is 37.1 Å². The lowest BCUT2D eigenvalue weighted by atomic mass is 9.89. The molecule has 0 bridgehead atoms. The summed E-state index contributed by atoms with van der Waals surface area (Å²) in [5, 5.41) is 3.01. The van der Waals surface area contributed by atoms with E-state index in [0.29, 0.717) is 13.1 Å². The molecule has 1 heterocycles. The van der Waals surface area contributed by atoms with E-state index in [0.717, 1.165) is 32.4 Å². The molecule has 1 rings (SSSR count). The van der Waals surface area contributed by atoms with E-state index in [1.807, 2.05) is 4.90 Å². The van der Waals surface area contributed by atoms with Gasteiger partial charge in [0, 0.05) is 19.6 Å². The van der Waals surface area contributed by atoms with Gasteiger partial charge in [0.2, 0.25) is 0 Å². The Morgan fingerprint density at radius 3 is 2.50 bits per heavy atom. The normalized spacial score (nSPS) is 17.3. The number of nitrogens with zero attached hydrogens (tertiary/aromatic N) is 1. The van der Waals surface area contributed by atoms with Gasteiger partial charge in [0.1, 0.15) is 0 Å². The molecular weight excluding hydrogens is 202 g/mol. The molecule has 16 heavy (non-hydrogen) atoms. The van der Waals surface area contributed by atoms with Gasteiger partial charge < -0.3 is 16.0 Å². The molecule has 1 aliphatic rings. The van der Waals surface area contributed by atoms with Gasteiger partial charge in [0.15, 0.2) is 0 Å². The Bertz CT molecular complexity index is 222. The number of hydrogen-bond acceptors (Lipinski definition) is 2. The zero-order valence-electron chi connectivity index (χ0n) is 10.6. The summed E-state index contributed by atoms with van der Waals surface area (Å²) < 4.78 is 0. The first-order chi connectivity index (χ1) is 7.55. The van der Waals surface area contributed by atoms with E-state index in [4.69, 9.17) is 5.73 Å². The number of amides is 2. The van der Waals surface area contributed by atoms with Crippen molar-refractivity contribution in [3.8, 4) is 0 Å². The number of rotatable bonds is 4. The van der Waals surface area contributed by atoms with Crippen molar-refractivity contribution in [2.45, 2.75) is 39.5 Å². The fourth-order valence-electron chi connectivity index (χ4n) is 2.00. The minimum atomic E-state index is 0.0878. The van der Waals surface area contributed by atoms with Gasteiger partial charge in [-0.15, -0.1) is 0 Å². The van der Waals surface area contributed by atoms with Crippen molar-refractivity contribution in [3.05, 3.63) is 0 Å². The first-order valence-corrected chi connectivity index (χ1v) is 6.28. The summed E-state index contributed by atoms with van der Waals surface area (Å²) in [6, 6.07) is 0.0878. The van der Waals surface area contributed by atoms with Crippen molar-refractivity contribution in [2.24, 2.45) is 11.1 Å². The molecule has 0 aliphatic carbocycles. The van der Waals surface area contributed by atoms with Crippen LogP contribution in [0.25, 0.3) is 0 Å². The molecule has 2 amide bonds. The van der Waals surface area contributed by atoms with Crippen molar-refractivity contribution >= 4 is 6.03 Å². The standard InChI is InChI=1S/C12H25N3O/c1-12(2,6-7-13)10-14-11(16)15-8-4-3-5-9-15/h3-10,13H2,1-2H3,(H,14,16). The van der Waals surface area contributed by atoms with Gasteiger partial charge in [-0.2, -0.15) is 0 Å². The van der Waals surface area contributed by atoms with E-state index >= 15 is 0 Å². The van der Waals surface area contributed by atoms with Crippen LogP contribution in [0.1, 0.15) is 39.5 Å². The van der Waals surface area contributed by atoms with Crippen LogP contribution in [-0.2, 0) is 0 Å². The number of urea groups is 1. The Kier molecular flexibility index (Phi) is 5.06. The van der Waals surface area contributed by atoms with Crippen molar-refractivity contribution < 1.29 is 4.79 Å². The Labute approximate surface area is 98.6 Å². The molecule has 0 aromatic heterocycles. The third-order valence-corrected chi connectivity index (χ3v) is 3.18. The number of nitrogens with one attached hydrogen (secondary N) is 1. The van der Waals surface area contributed by atoms with Crippen LogP contribution in [0.3, 0.4) is 0 Å². The molecule has 3 N–H and O–H groups in total. The SMILES string of the molecule is CC(C)(CCN)CNC(=O)N1CCCCC1. The van der Waals surface area contributed by atoms with E-state index in [2.05, 4.69) is 19.2 Å². The lowest BCUT2D eigenvalue weighted by Crippen LogP contribution is -2.45. The number of hydrogen-bond donors (Lipinski definition) is 2. The van der Waals surface area contributed by atoms with E-state index in [1.54, 1.807) is 0 Å². The molecule has 4 nitrogen and oxygen atoms in total. The topological polar surface area (TPSA) is 58.4 Å². The van der Waals surface area contributed by atoms with Gasteiger partial charge in [-0.05, 0) is 37.6 Å². The molecule has 0 saturated carbocycles. The van der Waals surface area contributed by atoms with Crippen molar-refractivity contribution in [3.63, 3.8) is 0 Å². The second-order valence-corrected chi connectivity index (χ2v) is 5.41. The van der Waals surface area contributed by atoms with Crippen LogP contribution in [0.2, 0.25) is 0 Å². The van der Waals surface area contributed by atoms with E-state index in [1.165, 1.54) is 6.42 Å². The first kappa shape index (κ1) is 13.3. The maximum absolute atomic E-state index is 11.8. The second kappa shape index (κ2) is 6.09. The molecule has 1 saturated heterocycles. The maximum atomic E-state index is 11.8. The van der Waals surface area contributed by atoms with Gasteiger partial charge in [-0.3, -0.25) is 0 Å². The van der Waals surface area contributed by atoms with Crippen molar-refractivity contribution in [1.82, 2.24) is 10.2 Å². The average Bonchev–Trinajstić information content (AvgIpc) is 2.27. The van der Waals surface area contributed by atoms with Gasteiger partial charge >= 0.3 is 6.03 Å². The molecule has 0 unspecified atom stereocenters. The number of nitrogens with two attached hydrogens (primary N) is 1. The minimum absolute atomic E-state index is 0.0878. The van der Waals surface area contributed by atoms with Gasteiger partial charge in [-0.25, -0.2) is 4.79 Å². The van der Waals surface area contributed by atoms with Crippen molar-refractivity contribution in [2.75, 3.05) is 26.2 Å². The summed E-state index contributed by atoms with van der Waals surface area (Å²) in [5.74, 6) is 0. The fourth-order valence-corrected chi connectivity index (χ4v) is 2.00. The summed E-state index contributed by atoms with van der Waals surface area (Å²) in [4.78, 5) is 13.8. The Hall–Kier alpha value is -0.770. The molecular formula is C12H25N3O. The Morgan fingerprint density at radius 2 is 1.94 bits per heavy atom. The summed E-state index contributed by atoms with van der Waals surface area (Å²) >= 11 is 0. The highest BCUT2D eigenvalue weighted by atomic mass is 16.2. The Morgan fingerprint density at radius 1 is 1.31 bits per heavy atom. The highest BCUT2D eigenvalue weighted by molar-refractivity contribution is 5.74. The summed E-state index contributed by atoms with van der Waals surface area (Å²) in [6.07, 6.45) is 4.47. The first-order valence-electron chi connectivity index (χ1n) is 6.28. The number of piperidine rings is 1. The van der Waals surface area contributed by atoms with Crippen LogP contribution in [0.4, 0.5) is 4.79 Å². The molecule has 1 fully saturated rings. The predicted molar refractivity (Wildman–Crippen MR) is 66.3 cm³/mol. The fraction of sp³-hybridized carbons (Fsp3) is 0.917. The average molecular weight is 227 g/mol. The maximum Gasteiger partial charge on any atom is 0.317 e. The van der Waals surface area contributed by atoms with Gasteiger partial charge in [0.25, 0.3) is 0 Å². The number of carbonyl (C=O) groups is 1. The third kappa shape index (κ3) is 4.39. The lowest BCUT2D eigenvalue weighted by molar-refractivity contribution is 0.180. The van der Waals surface area contributed by atoms with Crippen LogP contribution >= 0.6 is 0 Å². The van der Waals surface area contributed by atoms with Crippen molar-refractivity contribution in [1.29, 1.82) is 0 Å². The zero-order valence-corrected chi connectivity index (χ0v) is 10.6. The lowest BCUT2D eigenvalue weighted by Gasteiger charge is -2.30. The number of likely N-dealkylation sites (tertiary alicyclic amines) is 1. The van der Waals surface area contributed by atoms with E-state index in [9.17, 15) is 4.79 Å². The van der Waals surface area contributed by atoms with Crippen LogP contribution in [0.5, 0.6) is 0 Å². The van der Waals surface area contributed by atoms with E-state index in [-0.39, 0.29) is 11.4 Å². The quantitative estimate of drug-likeness (QED) is 0.765. The highest BCUT2D eigenvalue weighted by Gasteiger charge is 2.21. The van der Waals surface area contributed by atoms with Gasteiger partial charge in [-0.1, -0.05) is 13.8 Å². The molecule has 1 aliphatic heterocycles. The molecule has 0 atom stereocenters. The molecule has 0 aromatic carbocycles. The number of carbonyl (C=O) groups excluding carboxylic acids is 1. The van der Waals surface area contributed by atoms with Gasteiger partial charge in [0.05, 0.1) is 0 Å². The Balaban J connectivity index is 2.28. The monoisotopic (exact) mass is 227 g/mol. The predicted octanol–water partition coefficient (Wildman–Crippen LogP) is 1.56. The van der Waals surface area contributed by atoms with Crippen LogP contribution < -0.4 is 11.1 Å². The largest absolute Gasteiger partial charge is 0.337 e. The molecule has 4 heteroatoms.